The zero-order valence-electron chi connectivity index (χ0n) is 13.0. The number of anilines is 1. The Kier molecular flexibility index (Phi) is 4.75. The first-order chi connectivity index (χ1) is 12.0. The smallest absolute Gasteiger partial charge is 0.312 e. The second-order valence-electron chi connectivity index (χ2n) is 5.12. The molecule has 3 aromatic rings. The number of ether oxygens (including phenoxy) is 1. The minimum atomic E-state index is -0.660. The molecule has 0 spiro atoms. The number of benzene rings is 1. The van der Waals surface area contributed by atoms with Crippen molar-refractivity contribution < 1.29 is 19.1 Å². The summed E-state index contributed by atoms with van der Waals surface area (Å²) in [5.41, 5.74) is 6.25. The van der Waals surface area contributed by atoms with Gasteiger partial charge in [0.2, 0.25) is 0 Å². The predicted octanol–water partition coefficient (Wildman–Crippen LogP) is 1.22. The second kappa shape index (κ2) is 7.14. The van der Waals surface area contributed by atoms with Crippen molar-refractivity contribution in [3.8, 4) is 0 Å². The molecule has 2 amide bonds. The highest BCUT2D eigenvalue weighted by atomic mass is 32.1. The van der Waals surface area contributed by atoms with E-state index >= 15 is 0 Å². The SMILES string of the molecule is NC(=O)c1ccccc1NC(=O)COC(=O)Cc1cn2ccsc2n1. The Morgan fingerprint density at radius 3 is 2.84 bits per heavy atom. The quantitative estimate of drug-likeness (QED) is 0.643. The molecule has 8 nitrogen and oxygen atoms in total. The molecule has 3 N–H and O–H groups in total. The number of rotatable bonds is 6. The molecule has 2 aromatic heterocycles. The molecule has 0 unspecified atom stereocenters. The van der Waals surface area contributed by atoms with Crippen LogP contribution in [0.4, 0.5) is 5.69 Å². The van der Waals surface area contributed by atoms with Crippen LogP contribution in [0, 0.1) is 0 Å². The highest BCUT2D eigenvalue weighted by molar-refractivity contribution is 7.15. The normalized spacial score (nSPS) is 10.6. The molecular weight excluding hydrogens is 344 g/mol. The summed E-state index contributed by atoms with van der Waals surface area (Å²) in [5, 5.41) is 4.38. The molecule has 9 heteroatoms. The van der Waals surface area contributed by atoms with Gasteiger partial charge in [0.05, 0.1) is 23.4 Å². The third-order valence-corrected chi connectivity index (χ3v) is 4.07. The molecule has 0 bridgehead atoms. The number of carbonyl (C=O) groups is 3. The van der Waals surface area contributed by atoms with E-state index in [9.17, 15) is 14.4 Å². The summed E-state index contributed by atoms with van der Waals surface area (Å²) in [6.45, 7) is -0.464. The standard InChI is InChI=1S/C16H14N4O4S/c17-15(23)11-3-1-2-4-12(11)19-13(21)9-24-14(22)7-10-8-20-5-6-25-16(20)18-10/h1-6,8H,7,9H2,(H2,17,23)(H,19,21). The van der Waals surface area contributed by atoms with Crippen LogP contribution in [0.5, 0.6) is 0 Å². The predicted molar refractivity (Wildman–Crippen MR) is 91.3 cm³/mol. The van der Waals surface area contributed by atoms with Gasteiger partial charge in [-0.2, -0.15) is 0 Å². The number of thiazole rings is 1. The lowest BCUT2D eigenvalue weighted by Gasteiger charge is -2.09. The van der Waals surface area contributed by atoms with E-state index in [-0.39, 0.29) is 17.7 Å². The number of imidazole rings is 1. The molecule has 0 atom stereocenters. The van der Waals surface area contributed by atoms with Gasteiger partial charge in [0.1, 0.15) is 0 Å². The van der Waals surface area contributed by atoms with Crippen molar-refractivity contribution in [3.63, 3.8) is 0 Å². The molecule has 0 aliphatic rings. The number of nitrogens with one attached hydrogen (secondary N) is 1. The Hall–Kier alpha value is -3.20. The van der Waals surface area contributed by atoms with Crippen molar-refractivity contribution in [2.24, 2.45) is 5.73 Å². The molecule has 0 aliphatic carbocycles. The van der Waals surface area contributed by atoms with Gasteiger partial charge in [-0.15, -0.1) is 11.3 Å². The highest BCUT2D eigenvalue weighted by Crippen LogP contribution is 2.14. The van der Waals surface area contributed by atoms with Gasteiger partial charge in [0.25, 0.3) is 11.8 Å². The maximum Gasteiger partial charge on any atom is 0.312 e. The number of hydrogen-bond donors (Lipinski definition) is 2. The van der Waals surface area contributed by atoms with Crippen LogP contribution in [0.15, 0.2) is 42.0 Å². The molecule has 0 aliphatic heterocycles. The lowest BCUT2D eigenvalue weighted by atomic mass is 10.1. The Bertz CT molecular complexity index is 918. The summed E-state index contributed by atoms with van der Waals surface area (Å²) < 4.78 is 6.75. The number of esters is 1. The first kappa shape index (κ1) is 16.7. The molecule has 0 saturated carbocycles. The van der Waals surface area contributed by atoms with E-state index in [1.807, 2.05) is 11.6 Å². The number of carbonyl (C=O) groups excluding carboxylic acids is 3. The number of nitrogens with two attached hydrogens (primary N) is 1. The molecule has 0 saturated heterocycles. The van der Waals surface area contributed by atoms with Gasteiger partial charge in [-0.25, -0.2) is 4.98 Å². The number of nitrogens with zero attached hydrogens (tertiary/aromatic N) is 2. The Morgan fingerprint density at radius 2 is 2.08 bits per heavy atom. The zero-order chi connectivity index (χ0) is 17.8. The average molecular weight is 358 g/mol. The fourth-order valence-electron chi connectivity index (χ4n) is 2.20. The lowest BCUT2D eigenvalue weighted by molar-refractivity contribution is -0.146. The van der Waals surface area contributed by atoms with E-state index in [1.54, 1.807) is 22.7 Å². The summed E-state index contributed by atoms with van der Waals surface area (Å²) in [4.78, 5) is 40.1. The van der Waals surface area contributed by atoms with Gasteiger partial charge >= 0.3 is 5.97 Å². The average Bonchev–Trinajstić information content (AvgIpc) is 3.14. The van der Waals surface area contributed by atoms with Crippen molar-refractivity contribution >= 4 is 39.8 Å². The largest absolute Gasteiger partial charge is 0.455 e. The maximum atomic E-state index is 11.9. The van der Waals surface area contributed by atoms with Crippen LogP contribution in [0.25, 0.3) is 4.96 Å². The second-order valence-corrected chi connectivity index (χ2v) is 5.99. The molecule has 25 heavy (non-hydrogen) atoms. The van der Waals surface area contributed by atoms with Gasteiger partial charge < -0.3 is 15.8 Å². The number of aromatic nitrogens is 2. The molecule has 0 radical (unpaired) electrons. The fourth-order valence-corrected chi connectivity index (χ4v) is 2.92. The zero-order valence-corrected chi connectivity index (χ0v) is 13.8. The number of amides is 2. The van der Waals surface area contributed by atoms with Crippen LogP contribution < -0.4 is 11.1 Å². The summed E-state index contributed by atoms with van der Waals surface area (Å²) in [7, 11) is 0. The third kappa shape index (κ3) is 4.01. The van der Waals surface area contributed by atoms with Gasteiger partial charge in [-0.05, 0) is 12.1 Å². The molecule has 1 aromatic carbocycles. The number of para-hydroxylation sites is 1. The van der Waals surface area contributed by atoms with Gasteiger partial charge in [-0.3, -0.25) is 18.8 Å². The van der Waals surface area contributed by atoms with Crippen molar-refractivity contribution in [3.05, 3.63) is 53.3 Å². The van der Waals surface area contributed by atoms with E-state index in [2.05, 4.69) is 10.3 Å². The summed E-state index contributed by atoms with van der Waals surface area (Å²) in [5.74, 6) is -1.79. The van der Waals surface area contributed by atoms with E-state index in [1.165, 1.54) is 23.5 Å². The molecule has 2 heterocycles. The van der Waals surface area contributed by atoms with Crippen LogP contribution >= 0.6 is 11.3 Å². The molecular formula is C16H14N4O4S. The first-order valence-electron chi connectivity index (χ1n) is 7.28. The fraction of sp³-hybridized carbons (Fsp3) is 0.125. The minimum Gasteiger partial charge on any atom is -0.455 e. The summed E-state index contributed by atoms with van der Waals surface area (Å²) in [6, 6.07) is 6.32. The highest BCUT2D eigenvalue weighted by Gasteiger charge is 2.14. The van der Waals surface area contributed by atoms with Crippen LogP contribution in [0.2, 0.25) is 0 Å². The van der Waals surface area contributed by atoms with Crippen LogP contribution in [-0.2, 0) is 20.7 Å². The Balaban J connectivity index is 1.52. The summed E-state index contributed by atoms with van der Waals surface area (Å²) in [6.07, 6.45) is 3.54. The van der Waals surface area contributed by atoms with E-state index in [4.69, 9.17) is 10.5 Å². The van der Waals surface area contributed by atoms with Gasteiger partial charge in [-0.1, -0.05) is 12.1 Å². The van der Waals surface area contributed by atoms with Crippen LogP contribution in [0.3, 0.4) is 0 Å². The maximum absolute atomic E-state index is 11.9. The van der Waals surface area contributed by atoms with Crippen molar-refractivity contribution in [1.82, 2.24) is 9.38 Å². The van der Waals surface area contributed by atoms with Crippen molar-refractivity contribution in [1.29, 1.82) is 0 Å². The van der Waals surface area contributed by atoms with E-state index in [0.29, 0.717) is 5.69 Å². The van der Waals surface area contributed by atoms with E-state index in [0.717, 1.165) is 4.96 Å². The Morgan fingerprint density at radius 1 is 1.28 bits per heavy atom. The van der Waals surface area contributed by atoms with Crippen molar-refractivity contribution in [2.45, 2.75) is 6.42 Å². The van der Waals surface area contributed by atoms with Crippen LogP contribution in [-0.4, -0.2) is 33.8 Å². The molecule has 0 fully saturated rings. The van der Waals surface area contributed by atoms with E-state index < -0.39 is 24.4 Å². The topological polar surface area (TPSA) is 116 Å². The third-order valence-electron chi connectivity index (χ3n) is 3.30. The van der Waals surface area contributed by atoms with Crippen molar-refractivity contribution in [2.75, 3.05) is 11.9 Å². The lowest BCUT2D eigenvalue weighted by Crippen LogP contribution is -2.23. The first-order valence-corrected chi connectivity index (χ1v) is 8.16. The Labute approximate surface area is 146 Å². The molecule has 3 rings (SSSR count). The van der Waals surface area contributed by atoms with Gasteiger partial charge in [0.15, 0.2) is 11.6 Å². The minimum absolute atomic E-state index is 0.0282. The van der Waals surface area contributed by atoms with Crippen LogP contribution in [0.1, 0.15) is 16.1 Å². The van der Waals surface area contributed by atoms with Gasteiger partial charge in [0, 0.05) is 17.8 Å². The number of fused-ring (bicyclic) bond motifs is 1. The monoisotopic (exact) mass is 358 g/mol. The number of hydrogen-bond acceptors (Lipinski definition) is 6. The summed E-state index contributed by atoms with van der Waals surface area (Å²) >= 11 is 1.46. The molecule has 128 valence electrons. The number of primary amides is 1.